The van der Waals surface area contributed by atoms with Crippen molar-refractivity contribution in [1.29, 1.82) is 0 Å². The van der Waals surface area contributed by atoms with Crippen LogP contribution < -0.4 is 5.32 Å². The SMILES string of the molecule is Cn1nc(C2CC(F)(F)C2)c(-c2ccccc2)c1NC(=O)OC1CC(F)(F)O1. The van der Waals surface area contributed by atoms with E-state index in [2.05, 4.69) is 15.2 Å². The molecule has 2 aromatic rings. The molecule has 1 unspecified atom stereocenters. The molecule has 6 nitrogen and oxygen atoms in total. The van der Waals surface area contributed by atoms with E-state index in [0.29, 0.717) is 16.8 Å². The van der Waals surface area contributed by atoms with E-state index in [1.165, 1.54) is 4.68 Å². The smallest absolute Gasteiger partial charge is 0.415 e. The summed E-state index contributed by atoms with van der Waals surface area (Å²) < 4.78 is 62.5. The Morgan fingerprint density at radius 1 is 1.21 bits per heavy atom. The number of anilines is 1. The first-order valence-electron chi connectivity index (χ1n) is 8.67. The molecule has 2 fully saturated rings. The zero-order valence-corrected chi connectivity index (χ0v) is 14.8. The highest BCUT2D eigenvalue weighted by molar-refractivity contribution is 5.91. The lowest BCUT2D eigenvalue weighted by Crippen LogP contribution is -2.46. The third kappa shape index (κ3) is 3.56. The molecule has 1 aliphatic heterocycles. The van der Waals surface area contributed by atoms with Crippen molar-refractivity contribution in [1.82, 2.24) is 9.78 Å². The molecule has 2 aliphatic rings. The van der Waals surface area contributed by atoms with E-state index in [0.717, 1.165) is 0 Å². The van der Waals surface area contributed by atoms with Crippen molar-refractivity contribution in [2.75, 3.05) is 5.32 Å². The Kier molecular flexibility index (Phi) is 4.33. The summed E-state index contributed by atoms with van der Waals surface area (Å²) in [5.41, 5.74) is 1.63. The quantitative estimate of drug-likeness (QED) is 0.770. The normalized spacial score (nSPS) is 22.8. The van der Waals surface area contributed by atoms with Crippen LogP contribution in [0.25, 0.3) is 11.1 Å². The minimum Gasteiger partial charge on any atom is -0.419 e. The lowest BCUT2D eigenvalue weighted by Gasteiger charge is -2.34. The predicted octanol–water partition coefficient (Wildman–Crippen LogP) is 4.49. The van der Waals surface area contributed by atoms with Gasteiger partial charge in [-0.15, -0.1) is 0 Å². The molecule has 1 saturated heterocycles. The van der Waals surface area contributed by atoms with Gasteiger partial charge in [-0.3, -0.25) is 14.7 Å². The predicted molar refractivity (Wildman–Crippen MR) is 90.1 cm³/mol. The summed E-state index contributed by atoms with van der Waals surface area (Å²) in [4.78, 5) is 12.1. The molecule has 1 saturated carbocycles. The molecule has 0 spiro atoms. The first-order valence-corrected chi connectivity index (χ1v) is 8.67. The van der Waals surface area contributed by atoms with Gasteiger partial charge in [0.2, 0.25) is 12.2 Å². The number of nitrogens with zero attached hydrogens (tertiary/aromatic N) is 2. The van der Waals surface area contributed by atoms with Crippen LogP contribution in [0.4, 0.5) is 28.2 Å². The van der Waals surface area contributed by atoms with Gasteiger partial charge in [0, 0.05) is 31.4 Å². The zero-order valence-electron chi connectivity index (χ0n) is 14.8. The van der Waals surface area contributed by atoms with Gasteiger partial charge in [-0.1, -0.05) is 30.3 Å². The van der Waals surface area contributed by atoms with E-state index >= 15 is 0 Å². The topological polar surface area (TPSA) is 65.4 Å². The van der Waals surface area contributed by atoms with Crippen LogP contribution in [0.2, 0.25) is 0 Å². The van der Waals surface area contributed by atoms with E-state index < -0.39 is 36.8 Å². The van der Waals surface area contributed by atoms with Gasteiger partial charge in [0.05, 0.1) is 5.69 Å². The number of aromatic nitrogens is 2. The Hall–Kier alpha value is -2.62. The number of rotatable bonds is 4. The molecular formula is C18H17F4N3O3. The Morgan fingerprint density at radius 2 is 1.86 bits per heavy atom. The van der Waals surface area contributed by atoms with Gasteiger partial charge in [0.1, 0.15) is 12.2 Å². The van der Waals surface area contributed by atoms with Gasteiger partial charge >= 0.3 is 12.2 Å². The second kappa shape index (κ2) is 6.47. The molecule has 10 heteroatoms. The van der Waals surface area contributed by atoms with Crippen molar-refractivity contribution in [3.8, 4) is 11.1 Å². The van der Waals surface area contributed by atoms with Gasteiger partial charge in [-0.25, -0.2) is 13.6 Å². The third-order valence-corrected chi connectivity index (χ3v) is 4.78. The van der Waals surface area contributed by atoms with E-state index in [9.17, 15) is 22.4 Å². The summed E-state index contributed by atoms with van der Waals surface area (Å²) >= 11 is 0. The van der Waals surface area contributed by atoms with Crippen molar-refractivity contribution in [3.05, 3.63) is 36.0 Å². The van der Waals surface area contributed by atoms with Crippen LogP contribution >= 0.6 is 0 Å². The fraction of sp³-hybridized carbons (Fsp3) is 0.444. The first kappa shape index (κ1) is 18.7. The molecule has 4 rings (SSSR count). The lowest BCUT2D eigenvalue weighted by molar-refractivity contribution is -0.398. The number of ether oxygens (including phenoxy) is 2. The summed E-state index contributed by atoms with van der Waals surface area (Å²) in [6.07, 6.45) is -6.99. The number of benzene rings is 1. The zero-order chi connectivity index (χ0) is 20.1. The fourth-order valence-corrected chi connectivity index (χ4v) is 3.41. The molecule has 1 aromatic carbocycles. The fourth-order valence-electron chi connectivity index (χ4n) is 3.41. The maximum absolute atomic E-state index is 13.4. The van der Waals surface area contributed by atoms with Crippen molar-refractivity contribution in [3.63, 3.8) is 0 Å². The maximum atomic E-state index is 13.4. The van der Waals surface area contributed by atoms with Crippen LogP contribution in [0.5, 0.6) is 0 Å². The molecule has 28 heavy (non-hydrogen) atoms. The Balaban J connectivity index is 1.59. The number of halogens is 4. The van der Waals surface area contributed by atoms with Crippen molar-refractivity contribution < 1.29 is 31.8 Å². The molecule has 0 bridgehead atoms. The molecule has 1 aromatic heterocycles. The highest BCUT2D eigenvalue weighted by Crippen LogP contribution is 2.51. The summed E-state index contributed by atoms with van der Waals surface area (Å²) in [6, 6.07) is 8.88. The summed E-state index contributed by atoms with van der Waals surface area (Å²) in [5, 5.41) is 6.80. The maximum Gasteiger partial charge on any atom is 0.415 e. The Labute approximate surface area is 157 Å². The minimum atomic E-state index is -3.30. The van der Waals surface area contributed by atoms with E-state index in [1.807, 2.05) is 0 Å². The summed E-state index contributed by atoms with van der Waals surface area (Å²) in [5.74, 6) is -2.95. The molecule has 1 atom stereocenters. The van der Waals surface area contributed by atoms with Gasteiger partial charge in [-0.2, -0.15) is 13.9 Å². The standard InChI is InChI=1S/C18H17F4N3O3/c1-25-15(23-16(26)27-12-9-18(21,22)28-12)13(10-5-3-2-4-6-10)14(24-25)11-7-17(19,20)8-11/h2-6,11-12H,7-9H2,1H3,(H,23,26). The second-order valence-corrected chi connectivity index (χ2v) is 6.98. The van der Waals surface area contributed by atoms with Gasteiger partial charge in [0.15, 0.2) is 0 Å². The molecule has 0 radical (unpaired) electrons. The molecule has 1 amide bonds. The number of amides is 1. The average molecular weight is 399 g/mol. The summed E-state index contributed by atoms with van der Waals surface area (Å²) in [6.45, 7) is 0. The number of alkyl halides is 4. The first-order chi connectivity index (χ1) is 13.1. The van der Waals surface area contributed by atoms with Crippen LogP contribution in [0.15, 0.2) is 30.3 Å². The van der Waals surface area contributed by atoms with Crippen molar-refractivity contribution in [2.24, 2.45) is 7.05 Å². The average Bonchev–Trinajstić information content (AvgIpc) is 2.88. The number of carbonyl (C=O) groups is 1. The van der Waals surface area contributed by atoms with E-state index in [-0.39, 0.29) is 18.7 Å². The summed E-state index contributed by atoms with van der Waals surface area (Å²) in [7, 11) is 1.55. The van der Waals surface area contributed by atoms with Crippen LogP contribution in [0, 0.1) is 0 Å². The molecule has 1 N–H and O–H groups in total. The van der Waals surface area contributed by atoms with Gasteiger partial charge in [-0.05, 0) is 5.56 Å². The number of hydrogen-bond donors (Lipinski definition) is 1. The van der Waals surface area contributed by atoms with Crippen LogP contribution in [0.1, 0.15) is 30.9 Å². The van der Waals surface area contributed by atoms with Crippen LogP contribution in [-0.2, 0) is 16.5 Å². The van der Waals surface area contributed by atoms with Crippen molar-refractivity contribution in [2.45, 2.75) is 43.5 Å². The van der Waals surface area contributed by atoms with Crippen LogP contribution in [0.3, 0.4) is 0 Å². The molecule has 1 aliphatic carbocycles. The Morgan fingerprint density at radius 3 is 2.43 bits per heavy atom. The minimum absolute atomic E-state index is 0.229. The monoisotopic (exact) mass is 399 g/mol. The molecule has 2 heterocycles. The highest BCUT2D eigenvalue weighted by atomic mass is 19.3. The second-order valence-electron chi connectivity index (χ2n) is 6.98. The third-order valence-electron chi connectivity index (χ3n) is 4.78. The van der Waals surface area contributed by atoms with Crippen molar-refractivity contribution >= 4 is 11.9 Å². The molecular weight excluding hydrogens is 382 g/mol. The molecule has 150 valence electrons. The lowest BCUT2D eigenvalue weighted by atomic mass is 9.77. The van der Waals surface area contributed by atoms with Gasteiger partial charge < -0.3 is 4.74 Å². The highest BCUT2D eigenvalue weighted by Gasteiger charge is 2.50. The van der Waals surface area contributed by atoms with E-state index in [1.54, 1.807) is 37.4 Å². The van der Waals surface area contributed by atoms with Crippen LogP contribution in [-0.4, -0.2) is 34.2 Å². The van der Waals surface area contributed by atoms with E-state index in [4.69, 9.17) is 4.74 Å². The van der Waals surface area contributed by atoms with Gasteiger partial charge in [0.25, 0.3) is 0 Å². The Bertz CT molecular complexity index is 885. The number of carbonyl (C=O) groups excluding carboxylic acids is 1. The number of aryl methyl sites for hydroxylation is 1. The number of hydrogen-bond acceptors (Lipinski definition) is 4. The largest absolute Gasteiger partial charge is 0.419 e. The number of nitrogens with one attached hydrogen (secondary N) is 1.